The Bertz CT molecular complexity index is 1310. The van der Waals surface area contributed by atoms with Gasteiger partial charge in [0.1, 0.15) is 12.4 Å². The average molecular weight is 527 g/mol. The predicted octanol–water partition coefficient (Wildman–Crippen LogP) is 3.91. The number of hydrogen-bond acceptors (Lipinski definition) is 6. The summed E-state index contributed by atoms with van der Waals surface area (Å²) in [5.74, 6) is -0.515. The molecular formula is C28H34N2O6S. The monoisotopic (exact) mass is 526 g/mol. The third-order valence-corrected chi connectivity index (χ3v) is 6.28. The second-order valence-electron chi connectivity index (χ2n) is 9.75. The molecule has 0 saturated heterocycles. The number of ether oxygens (including phenoxy) is 1. The second-order valence-corrected chi connectivity index (χ2v) is 11.5. The van der Waals surface area contributed by atoms with E-state index in [-0.39, 0.29) is 25.3 Å². The summed E-state index contributed by atoms with van der Waals surface area (Å²) in [5.41, 5.74) is 3.06. The van der Waals surface area contributed by atoms with E-state index in [0.29, 0.717) is 17.7 Å². The second kappa shape index (κ2) is 12.2. The minimum Gasteiger partial charge on any atom is -0.487 e. The number of sulfonamides is 1. The number of carboxylic acids is 1. The molecule has 198 valence electrons. The highest BCUT2D eigenvalue weighted by Crippen LogP contribution is 2.30. The van der Waals surface area contributed by atoms with Gasteiger partial charge in [0.15, 0.2) is 0 Å². The van der Waals surface area contributed by atoms with Crippen molar-refractivity contribution in [3.05, 3.63) is 95.1 Å². The van der Waals surface area contributed by atoms with Gasteiger partial charge < -0.3 is 20.3 Å². The van der Waals surface area contributed by atoms with Gasteiger partial charge in [-0.2, -0.15) is 0 Å². The molecule has 0 spiro atoms. The maximum absolute atomic E-state index is 11.9. The van der Waals surface area contributed by atoms with E-state index in [2.05, 4.69) is 10.0 Å². The molecule has 0 amide bonds. The van der Waals surface area contributed by atoms with E-state index in [1.807, 2.05) is 62.4 Å². The number of aliphatic carboxylic acids is 1. The van der Waals surface area contributed by atoms with Crippen LogP contribution < -0.4 is 14.8 Å². The molecule has 3 aromatic carbocycles. The van der Waals surface area contributed by atoms with E-state index in [1.54, 1.807) is 24.3 Å². The van der Waals surface area contributed by atoms with E-state index in [9.17, 15) is 18.3 Å². The lowest BCUT2D eigenvalue weighted by Crippen LogP contribution is -2.43. The van der Waals surface area contributed by atoms with E-state index >= 15 is 0 Å². The number of hydrogen-bond donors (Lipinski definition) is 4. The van der Waals surface area contributed by atoms with Gasteiger partial charge in [0.25, 0.3) is 0 Å². The van der Waals surface area contributed by atoms with Crippen LogP contribution in [0.25, 0.3) is 0 Å². The number of nitrogens with one attached hydrogen (secondary N) is 2. The first-order valence-corrected chi connectivity index (χ1v) is 13.8. The Balaban J connectivity index is 1.68. The molecule has 0 radical (unpaired) electrons. The van der Waals surface area contributed by atoms with Gasteiger partial charge in [0, 0.05) is 12.1 Å². The standard InChI is InChI=1S/C28H34N2O6S/c1-28(2,17-22-11-7-10-21(14-22)15-27(32)33)29-18-25(31)23-12-13-26(24(16-23)30-37(3,34)35)36-19-20-8-5-4-6-9-20/h4-14,16,25,29-31H,15,17-19H2,1-3H3,(H,32,33)/t25-/m1/s1. The van der Waals surface area contributed by atoms with Gasteiger partial charge in [0.2, 0.25) is 10.0 Å². The minimum absolute atomic E-state index is 0.0324. The normalized spacial score (nSPS) is 12.6. The van der Waals surface area contributed by atoms with Crippen LogP contribution in [-0.4, -0.2) is 42.9 Å². The summed E-state index contributed by atoms with van der Waals surface area (Å²) in [7, 11) is -3.57. The Morgan fingerprint density at radius 2 is 1.65 bits per heavy atom. The highest BCUT2D eigenvalue weighted by atomic mass is 32.2. The van der Waals surface area contributed by atoms with Crippen molar-refractivity contribution >= 4 is 21.7 Å². The van der Waals surface area contributed by atoms with Gasteiger partial charge in [-0.25, -0.2) is 8.42 Å². The SMILES string of the molecule is CC(C)(Cc1cccc(CC(=O)O)c1)NC[C@@H](O)c1ccc(OCc2ccccc2)c(NS(C)(=O)=O)c1. The zero-order valence-electron chi connectivity index (χ0n) is 21.3. The molecule has 0 fully saturated rings. The molecule has 3 aromatic rings. The Kier molecular flexibility index (Phi) is 9.31. The van der Waals surface area contributed by atoms with E-state index in [1.165, 1.54) is 0 Å². The van der Waals surface area contributed by atoms with Crippen LogP contribution in [-0.2, 0) is 34.3 Å². The molecule has 0 heterocycles. The first-order chi connectivity index (χ1) is 17.4. The van der Waals surface area contributed by atoms with Gasteiger partial charge >= 0.3 is 5.97 Å². The van der Waals surface area contributed by atoms with Crippen LogP contribution in [0.3, 0.4) is 0 Å². The zero-order chi connectivity index (χ0) is 27.1. The molecule has 0 unspecified atom stereocenters. The third-order valence-electron chi connectivity index (χ3n) is 5.69. The summed E-state index contributed by atoms with van der Waals surface area (Å²) in [6.07, 6.45) is 0.753. The van der Waals surface area contributed by atoms with E-state index in [4.69, 9.17) is 9.84 Å². The van der Waals surface area contributed by atoms with Crippen LogP contribution in [0.1, 0.15) is 42.2 Å². The topological polar surface area (TPSA) is 125 Å². The Hall–Kier alpha value is -3.40. The van der Waals surface area contributed by atoms with Gasteiger partial charge in [-0.1, -0.05) is 60.7 Å². The minimum atomic E-state index is -3.57. The molecule has 8 nitrogen and oxygen atoms in total. The molecule has 0 aliphatic rings. The van der Waals surface area contributed by atoms with Crippen molar-refractivity contribution in [2.24, 2.45) is 0 Å². The van der Waals surface area contributed by atoms with Crippen LogP contribution in [0.4, 0.5) is 5.69 Å². The quantitative estimate of drug-likeness (QED) is 0.266. The highest BCUT2D eigenvalue weighted by molar-refractivity contribution is 7.92. The molecule has 0 saturated carbocycles. The molecule has 37 heavy (non-hydrogen) atoms. The van der Waals surface area contributed by atoms with Crippen molar-refractivity contribution in [3.63, 3.8) is 0 Å². The smallest absolute Gasteiger partial charge is 0.307 e. The van der Waals surface area contributed by atoms with Crippen molar-refractivity contribution in [1.29, 1.82) is 0 Å². The lowest BCUT2D eigenvalue weighted by molar-refractivity contribution is -0.136. The Morgan fingerprint density at radius 3 is 2.32 bits per heavy atom. The zero-order valence-corrected chi connectivity index (χ0v) is 22.1. The van der Waals surface area contributed by atoms with Crippen LogP contribution in [0.5, 0.6) is 5.75 Å². The number of β-amino-alcohol motifs (C(OH)–C–C–N with tert-alkyl or cyclic N) is 1. The lowest BCUT2D eigenvalue weighted by Gasteiger charge is -2.28. The Morgan fingerprint density at radius 1 is 0.973 bits per heavy atom. The van der Waals surface area contributed by atoms with Crippen LogP contribution in [0.15, 0.2) is 72.8 Å². The molecule has 3 rings (SSSR count). The molecule has 4 N–H and O–H groups in total. The number of aliphatic hydroxyl groups is 1. The van der Waals surface area contributed by atoms with Gasteiger partial charge in [-0.15, -0.1) is 0 Å². The van der Waals surface area contributed by atoms with Crippen molar-refractivity contribution in [3.8, 4) is 5.75 Å². The number of carboxylic acid groups (broad SMARTS) is 1. The Labute approximate surface area is 218 Å². The van der Waals surface area contributed by atoms with Crippen molar-refractivity contribution in [2.75, 3.05) is 17.5 Å². The summed E-state index contributed by atoms with van der Waals surface area (Å²) in [5, 5.41) is 23.3. The molecule has 0 aliphatic carbocycles. The van der Waals surface area contributed by atoms with E-state index < -0.39 is 27.6 Å². The van der Waals surface area contributed by atoms with Gasteiger partial charge in [-0.05, 0) is 54.7 Å². The number of rotatable bonds is 13. The van der Waals surface area contributed by atoms with E-state index in [0.717, 1.165) is 22.9 Å². The maximum Gasteiger partial charge on any atom is 0.307 e. The molecular weight excluding hydrogens is 492 g/mol. The van der Waals surface area contributed by atoms with Crippen molar-refractivity contribution < 1.29 is 28.2 Å². The lowest BCUT2D eigenvalue weighted by atomic mass is 9.93. The fourth-order valence-corrected chi connectivity index (χ4v) is 4.54. The number of carbonyl (C=O) groups is 1. The van der Waals surface area contributed by atoms with Gasteiger partial charge in [-0.3, -0.25) is 9.52 Å². The fraction of sp³-hybridized carbons (Fsp3) is 0.321. The van der Waals surface area contributed by atoms with Crippen molar-refractivity contribution in [1.82, 2.24) is 5.32 Å². The number of aliphatic hydroxyl groups excluding tert-OH is 1. The largest absolute Gasteiger partial charge is 0.487 e. The summed E-state index contributed by atoms with van der Waals surface area (Å²) >= 11 is 0. The van der Waals surface area contributed by atoms with Gasteiger partial charge in [0.05, 0.1) is 24.5 Å². The summed E-state index contributed by atoms with van der Waals surface area (Å²) in [4.78, 5) is 11.0. The molecule has 1 atom stereocenters. The fourth-order valence-electron chi connectivity index (χ4n) is 3.98. The summed E-state index contributed by atoms with van der Waals surface area (Å²) < 4.78 is 32.2. The predicted molar refractivity (Wildman–Crippen MR) is 144 cm³/mol. The van der Waals surface area contributed by atoms with Crippen LogP contribution in [0.2, 0.25) is 0 Å². The van der Waals surface area contributed by atoms with Crippen LogP contribution in [0, 0.1) is 0 Å². The molecule has 0 aromatic heterocycles. The first kappa shape index (κ1) is 28.2. The summed E-state index contributed by atoms with van der Waals surface area (Å²) in [6.45, 7) is 4.50. The molecule has 0 aliphatic heterocycles. The average Bonchev–Trinajstić information content (AvgIpc) is 2.81. The maximum atomic E-state index is 11.9. The molecule has 9 heteroatoms. The highest BCUT2D eigenvalue weighted by Gasteiger charge is 2.21. The first-order valence-electron chi connectivity index (χ1n) is 11.9. The summed E-state index contributed by atoms with van der Waals surface area (Å²) in [6, 6.07) is 21.9. The van der Waals surface area contributed by atoms with Crippen LogP contribution >= 0.6 is 0 Å². The number of benzene rings is 3. The number of anilines is 1. The third kappa shape index (κ3) is 9.53. The molecule has 0 bridgehead atoms. The van der Waals surface area contributed by atoms with Crippen molar-refractivity contribution in [2.45, 2.75) is 44.9 Å².